The number of nitrogens with zero attached hydrogens (tertiary/aromatic N) is 3. The molecule has 0 aliphatic carbocycles. The van der Waals surface area contributed by atoms with Crippen molar-refractivity contribution < 1.29 is 19.4 Å². The Morgan fingerprint density at radius 2 is 1.96 bits per heavy atom. The van der Waals surface area contributed by atoms with Crippen LogP contribution >= 0.6 is 0 Å². The fourth-order valence-corrected chi connectivity index (χ4v) is 2.77. The molecule has 1 aliphatic rings. The number of phenols is 1. The fraction of sp³-hybridized carbons (Fsp3) is 0.450. The van der Waals surface area contributed by atoms with E-state index in [2.05, 4.69) is 9.97 Å². The Labute approximate surface area is 164 Å². The Hall–Kier alpha value is -2.87. The molecule has 2 aromatic rings. The van der Waals surface area contributed by atoms with Crippen molar-refractivity contribution in [1.29, 1.82) is 0 Å². The Morgan fingerprint density at radius 3 is 2.57 bits per heavy atom. The molecular formula is C20H26N4O4. The van der Waals surface area contributed by atoms with Crippen LogP contribution in [-0.4, -0.2) is 51.4 Å². The fourth-order valence-electron chi connectivity index (χ4n) is 2.77. The summed E-state index contributed by atoms with van der Waals surface area (Å²) in [5.41, 5.74) is 7.27. The number of phenolic OH excluding ortho intramolecular Hbond substituents is 1. The van der Waals surface area contributed by atoms with Crippen LogP contribution in [0, 0.1) is 5.92 Å². The lowest BCUT2D eigenvalue weighted by Gasteiger charge is -2.39. The number of hydrogen-bond acceptors (Lipinski definition) is 7. The molecule has 3 rings (SSSR count). The van der Waals surface area contributed by atoms with E-state index in [1.807, 2.05) is 20.8 Å². The molecule has 150 valence electrons. The van der Waals surface area contributed by atoms with E-state index in [-0.39, 0.29) is 24.3 Å². The highest BCUT2D eigenvalue weighted by atomic mass is 16.6. The lowest BCUT2D eigenvalue weighted by molar-refractivity contribution is -0.00816. The van der Waals surface area contributed by atoms with Gasteiger partial charge in [0.2, 0.25) is 5.88 Å². The van der Waals surface area contributed by atoms with E-state index in [1.54, 1.807) is 35.4 Å². The summed E-state index contributed by atoms with van der Waals surface area (Å²) >= 11 is 0. The van der Waals surface area contributed by atoms with Crippen LogP contribution in [-0.2, 0) is 11.3 Å². The van der Waals surface area contributed by atoms with Gasteiger partial charge >= 0.3 is 6.09 Å². The standard InChI is InChI=1S/C20H26N4O4/c1-20(2,3)28-19(26)24-10-13(11-24)12-27-18-16(8-21)22-9-17(23-18)14-4-6-15(25)7-5-14/h4-7,9,13,25H,8,10-12,21H2,1-3H3. The van der Waals surface area contributed by atoms with E-state index in [9.17, 15) is 9.90 Å². The molecule has 1 fully saturated rings. The van der Waals surface area contributed by atoms with Gasteiger partial charge in [-0.15, -0.1) is 0 Å². The molecule has 2 heterocycles. The molecule has 1 aromatic carbocycles. The van der Waals surface area contributed by atoms with Crippen LogP contribution in [0.4, 0.5) is 4.79 Å². The van der Waals surface area contributed by atoms with E-state index in [1.165, 1.54) is 0 Å². The number of aromatic hydroxyl groups is 1. The van der Waals surface area contributed by atoms with Gasteiger partial charge in [0, 0.05) is 31.1 Å². The van der Waals surface area contributed by atoms with Gasteiger partial charge in [0.05, 0.1) is 18.5 Å². The maximum absolute atomic E-state index is 12.0. The highest BCUT2D eigenvalue weighted by Crippen LogP contribution is 2.25. The minimum absolute atomic E-state index is 0.186. The molecular weight excluding hydrogens is 360 g/mol. The van der Waals surface area contributed by atoms with Crippen LogP contribution in [0.2, 0.25) is 0 Å². The van der Waals surface area contributed by atoms with Crippen molar-refractivity contribution in [2.45, 2.75) is 32.9 Å². The number of hydrogen-bond donors (Lipinski definition) is 2. The zero-order chi connectivity index (χ0) is 20.3. The number of carbonyl (C=O) groups excluding carboxylic acids is 1. The first kappa shape index (κ1) is 19.9. The first-order valence-corrected chi connectivity index (χ1v) is 9.21. The first-order valence-electron chi connectivity index (χ1n) is 9.21. The molecule has 0 radical (unpaired) electrons. The highest BCUT2D eigenvalue weighted by molar-refractivity contribution is 5.69. The maximum atomic E-state index is 12.0. The van der Waals surface area contributed by atoms with Crippen molar-refractivity contribution in [3.05, 3.63) is 36.2 Å². The molecule has 0 bridgehead atoms. The summed E-state index contributed by atoms with van der Waals surface area (Å²) in [6.45, 7) is 7.33. The number of carbonyl (C=O) groups is 1. The van der Waals surface area contributed by atoms with E-state index >= 15 is 0 Å². The Balaban J connectivity index is 1.59. The summed E-state index contributed by atoms with van der Waals surface area (Å²) in [7, 11) is 0. The highest BCUT2D eigenvalue weighted by Gasteiger charge is 2.34. The SMILES string of the molecule is CC(C)(C)OC(=O)N1CC(COc2nc(-c3ccc(O)cc3)cnc2CN)C1. The van der Waals surface area contributed by atoms with E-state index in [4.69, 9.17) is 15.2 Å². The van der Waals surface area contributed by atoms with Gasteiger partial charge in [0.15, 0.2) is 0 Å². The maximum Gasteiger partial charge on any atom is 0.410 e. The Morgan fingerprint density at radius 1 is 1.29 bits per heavy atom. The third-order valence-electron chi connectivity index (χ3n) is 4.23. The first-order chi connectivity index (χ1) is 13.2. The van der Waals surface area contributed by atoms with Gasteiger partial charge in [-0.3, -0.25) is 4.98 Å². The van der Waals surface area contributed by atoms with Gasteiger partial charge in [-0.1, -0.05) is 0 Å². The predicted molar refractivity (Wildman–Crippen MR) is 104 cm³/mol. The van der Waals surface area contributed by atoms with Crippen molar-refractivity contribution in [2.24, 2.45) is 11.7 Å². The number of nitrogens with two attached hydrogens (primary N) is 1. The number of aromatic nitrogens is 2. The molecule has 1 aliphatic heterocycles. The molecule has 3 N–H and O–H groups in total. The van der Waals surface area contributed by atoms with Gasteiger partial charge < -0.3 is 25.2 Å². The summed E-state index contributed by atoms with van der Waals surface area (Å²) in [5, 5.41) is 9.43. The molecule has 8 nitrogen and oxygen atoms in total. The molecule has 1 amide bonds. The van der Waals surface area contributed by atoms with Crippen LogP contribution in [0.5, 0.6) is 11.6 Å². The summed E-state index contributed by atoms with van der Waals surface area (Å²) < 4.78 is 11.2. The minimum atomic E-state index is -0.501. The largest absolute Gasteiger partial charge is 0.508 e. The summed E-state index contributed by atoms with van der Waals surface area (Å²) in [5.74, 6) is 0.785. The topological polar surface area (TPSA) is 111 Å². The van der Waals surface area contributed by atoms with Crippen LogP contribution in [0.25, 0.3) is 11.3 Å². The zero-order valence-electron chi connectivity index (χ0n) is 16.4. The molecule has 8 heteroatoms. The number of likely N-dealkylation sites (tertiary alicyclic amines) is 1. The van der Waals surface area contributed by atoms with Gasteiger partial charge in [0.25, 0.3) is 0 Å². The minimum Gasteiger partial charge on any atom is -0.508 e. The van der Waals surface area contributed by atoms with Crippen LogP contribution in [0.3, 0.4) is 0 Å². The van der Waals surface area contributed by atoms with Crippen LogP contribution < -0.4 is 10.5 Å². The lowest BCUT2D eigenvalue weighted by Crippen LogP contribution is -2.53. The van der Waals surface area contributed by atoms with Crippen LogP contribution in [0.1, 0.15) is 26.5 Å². The zero-order valence-corrected chi connectivity index (χ0v) is 16.4. The number of amides is 1. The molecule has 28 heavy (non-hydrogen) atoms. The summed E-state index contributed by atoms with van der Waals surface area (Å²) in [6, 6.07) is 6.70. The van der Waals surface area contributed by atoms with Crippen molar-refractivity contribution in [2.75, 3.05) is 19.7 Å². The quantitative estimate of drug-likeness (QED) is 0.812. The second-order valence-electron chi connectivity index (χ2n) is 7.82. The van der Waals surface area contributed by atoms with E-state index in [0.717, 1.165) is 5.56 Å². The molecule has 1 saturated heterocycles. The van der Waals surface area contributed by atoms with Gasteiger partial charge in [-0.25, -0.2) is 9.78 Å². The van der Waals surface area contributed by atoms with Gasteiger partial charge in [-0.05, 0) is 45.0 Å². The summed E-state index contributed by atoms with van der Waals surface area (Å²) in [4.78, 5) is 22.5. The lowest BCUT2D eigenvalue weighted by atomic mass is 10.0. The van der Waals surface area contributed by atoms with E-state index < -0.39 is 5.60 Å². The van der Waals surface area contributed by atoms with Gasteiger partial charge in [0.1, 0.15) is 17.0 Å². The monoisotopic (exact) mass is 386 g/mol. The van der Waals surface area contributed by atoms with Crippen LogP contribution in [0.15, 0.2) is 30.5 Å². The third kappa shape index (κ3) is 4.89. The Kier molecular flexibility index (Phi) is 5.69. The Bertz CT molecular complexity index is 827. The number of ether oxygens (including phenoxy) is 2. The molecule has 0 atom stereocenters. The molecule has 0 saturated carbocycles. The van der Waals surface area contributed by atoms with Crippen molar-refractivity contribution >= 4 is 6.09 Å². The normalized spacial score (nSPS) is 14.5. The predicted octanol–water partition coefficient (Wildman–Crippen LogP) is 2.55. The van der Waals surface area contributed by atoms with Crippen molar-refractivity contribution in [3.63, 3.8) is 0 Å². The van der Waals surface area contributed by atoms with E-state index in [0.29, 0.717) is 37.0 Å². The third-order valence-corrected chi connectivity index (χ3v) is 4.23. The summed E-state index contributed by atoms with van der Waals surface area (Å²) in [6.07, 6.45) is 1.33. The smallest absolute Gasteiger partial charge is 0.410 e. The second-order valence-corrected chi connectivity index (χ2v) is 7.82. The molecule has 0 spiro atoms. The van der Waals surface area contributed by atoms with Gasteiger partial charge in [-0.2, -0.15) is 0 Å². The number of benzene rings is 1. The molecule has 1 aromatic heterocycles. The molecule has 0 unspecified atom stereocenters. The second kappa shape index (κ2) is 8.02. The average molecular weight is 386 g/mol. The van der Waals surface area contributed by atoms with Crippen molar-refractivity contribution in [3.8, 4) is 22.9 Å². The van der Waals surface area contributed by atoms with Crippen molar-refractivity contribution in [1.82, 2.24) is 14.9 Å². The average Bonchev–Trinajstić information content (AvgIpc) is 2.59. The number of rotatable bonds is 5.